The first-order valence-electron chi connectivity index (χ1n) is 17.6. The van der Waals surface area contributed by atoms with Crippen molar-refractivity contribution in [2.24, 2.45) is 34.0 Å². The predicted octanol–water partition coefficient (Wildman–Crippen LogP) is 4.47. The van der Waals surface area contributed by atoms with Crippen LogP contribution in [0.3, 0.4) is 0 Å². The van der Waals surface area contributed by atoms with Gasteiger partial charge in [-0.1, -0.05) is 26.0 Å². The summed E-state index contributed by atoms with van der Waals surface area (Å²) in [4.78, 5) is 50.6. The largest absolute Gasteiger partial charge is 0.466 e. The smallest absolute Gasteiger partial charge is 0.303 e. The van der Waals surface area contributed by atoms with Gasteiger partial charge in [-0.25, -0.2) is 0 Å². The summed E-state index contributed by atoms with van der Waals surface area (Å²) in [7, 11) is 0. The van der Waals surface area contributed by atoms with Crippen molar-refractivity contribution in [2.75, 3.05) is 26.6 Å². The predicted molar refractivity (Wildman–Crippen MR) is 177 cm³/mol. The maximum Gasteiger partial charge on any atom is 0.303 e. The molecule has 0 radical (unpaired) electrons. The summed E-state index contributed by atoms with van der Waals surface area (Å²) >= 11 is 0. The van der Waals surface area contributed by atoms with Gasteiger partial charge >= 0.3 is 23.9 Å². The van der Waals surface area contributed by atoms with E-state index in [1.54, 1.807) is 0 Å². The second-order valence-corrected chi connectivity index (χ2v) is 15.4. The molecule has 5 aliphatic rings. The van der Waals surface area contributed by atoms with Crippen LogP contribution in [-0.2, 0) is 49.3 Å². The van der Waals surface area contributed by atoms with Crippen LogP contribution in [0, 0.1) is 34.0 Å². The zero-order chi connectivity index (χ0) is 36.2. The molecule has 1 aromatic rings. The number of hydrogen-bond acceptors (Lipinski definition) is 12. The third-order valence-corrected chi connectivity index (χ3v) is 12.7. The van der Waals surface area contributed by atoms with Crippen LogP contribution in [0.2, 0.25) is 0 Å². The van der Waals surface area contributed by atoms with Crippen LogP contribution in [0.25, 0.3) is 0 Å². The fraction of sp³-hybridized carbons (Fsp3) is 0.684. The summed E-state index contributed by atoms with van der Waals surface area (Å²) in [5.74, 6) is -1.93. The monoisotopic (exact) mass is 698 g/mol. The number of para-hydroxylation sites is 1. The zero-order valence-electron chi connectivity index (χ0n) is 30.1. The molecule has 0 aromatic heterocycles. The van der Waals surface area contributed by atoms with Crippen LogP contribution >= 0.6 is 0 Å². The lowest BCUT2D eigenvalue weighted by atomic mass is 9.36. The molecule has 1 aromatic carbocycles. The minimum atomic E-state index is -1.34. The van der Waals surface area contributed by atoms with Gasteiger partial charge in [0.05, 0.1) is 25.4 Å². The number of carbonyl (C=O) groups is 4. The zero-order valence-corrected chi connectivity index (χ0v) is 30.1. The van der Waals surface area contributed by atoms with Crippen molar-refractivity contribution >= 4 is 23.9 Å². The van der Waals surface area contributed by atoms with Gasteiger partial charge in [0, 0.05) is 50.4 Å². The molecule has 50 heavy (non-hydrogen) atoms. The van der Waals surface area contributed by atoms with E-state index in [9.17, 15) is 24.3 Å². The first-order valence-corrected chi connectivity index (χ1v) is 17.6. The average molecular weight is 699 g/mol. The first-order chi connectivity index (χ1) is 23.6. The molecule has 6 rings (SSSR count). The van der Waals surface area contributed by atoms with E-state index >= 15 is 0 Å². The van der Waals surface area contributed by atoms with Gasteiger partial charge < -0.3 is 38.3 Å². The number of aryl methyl sites for hydroxylation is 1. The van der Waals surface area contributed by atoms with Gasteiger partial charge in [0.1, 0.15) is 18.3 Å². The summed E-state index contributed by atoms with van der Waals surface area (Å²) in [6.07, 6.45) is 1.42. The van der Waals surface area contributed by atoms with Gasteiger partial charge in [0.2, 0.25) is 6.79 Å². The molecule has 0 spiro atoms. The molecule has 3 aliphatic carbocycles. The molecule has 12 heteroatoms. The molecule has 0 amide bonds. The van der Waals surface area contributed by atoms with E-state index in [1.165, 1.54) is 27.7 Å². The maximum absolute atomic E-state index is 13.0. The molecule has 2 saturated carbocycles. The Hall–Kier alpha value is -3.64. The van der Waals surface area contributed by atoms with Crippen molar-refractivity contribution in [3.05, 3.63) is 35.4 Å². The number of esters is 4. The average Bonchev–Trinajstić information content (AvgIpc) is 3.69. The Morgan fingerprint density at radius 1 is 0.920 bits per heavy atom. The number of fused-ring (bicyclic) bond motifs is 6. The highest BCUT2D eigenvalue weighted by Gasteiger charge is 2.76. The first kappa shape index (κ1) is 36.2. The van der Waals surface area contributed by atoms with Crippen molar-refractivity contribution in [1.29, 1.82) is 0 Å². The molecular weight excluding hydrogens is 648 g/mol. The highest BCUT2D eigenvalue weighted by Crippen LogP contribution is 2.72. The lowest BCUT2D eigenvalue weighted by molar-refractivity contribution is -0.287. The maximum atomic E-state index is 13.0. The summed E-state index contributed by atoms with van der Waals surface area (Å²) in [6, 6.07) is 5.72. The van der Waals surface area contributed by atoms with Crippen molar-refractivity contribution < 1.29 is 57.4 Å². The number of hydrogen-bond donors (Lipinski definition) is 1. The van der Waals surface area contributed by atoms with E-state index in [2.05, 4.69) is 6.92 Å². The molecule has 1 saturated heterocycles. The molecular formula is C38H50O12. The summed E-state index contributed by atoms with van der Waals surface area (Å²) in [5.41, 5.74) is -2.21. The van der Waals surface area contributed by atoms with E-state index in [1.807, 2.05) is 38.1 Å². The molecule has 3 fully saturated rings. The van der Waals surface area contributed by atoms with E-state index in [0.29, 0.717) is 55.8 Å². The quantitative estimate of drug-likeness (QED) is 0.220. The molecule has 2 heterocycles. The summed E-state index contributed by atoms with van der Waals surface area (Å²) in [5, 5.41) is 13.0. The van der Waals surface area contributed by atoms with E-state index in [-0.39, 0.29) is 25.9 Å². The molecule has 10 atom stereocenters. The highest BCUT2D eigenvalue weighted by molar-refractivity contribution is 5.68. The SMILES string of the molecule is CC(=O)OCC[C@]12COC[C@H]1[C@]1(C)CC[C@@H]3[C@@](C)(C1[C@H](OC(C)=O)[C@@H]2OC(C)=O)[C@H](OC(C)=O)C=C(C)[C@]3(O)CCc1cccc2c1OCO2. The normalized spacial score (nSPS) is 38.1. The van der Waals surface area contributed by atoms with Gasteiger partial charge in [-0.15, -0.1) is 0 Å². The van der Waals surface area contributed by atoms with Crippen LogP contribution in [-0.4, -0.2) is 79.5 Å². The van der Waals surface area contributed by atoms with E-state index in [4.69, 9.17) is 33.2 Å². The fourth-order valence-corrected chi connectivity index (χ4v) is 10.9. The Morgan fingerprint density at radius 2 is 1.64 bits per heavy atom. The minimum absolute atomic E-state index is 0.0656. The Kier molecular flexibility index (Phi) is 9.52. The van der Waals surface area contributed by atoms with Crippen LogP contribution < -0.4 is 9.47 Å². The Morgan fingerprint density at radius 3 is 2.32 bits per heavy atom. The van der Waals surface area contributed by atoms with Crippen LogP contribution in [0.15, 0.2) is 29.8 Å². The van der Waals surface area contributed by atoms with E-state index < -0.39 is 75.9 Å². The van der Waals surface area contributed by atoms with Crippen molar-refractivity contribution in [1.82, 2.24) is 0 Å². The second-order valence-electron chi connectivity index (χ2n) is 15.4. The number of carbonyl (C=O) groups excluding carboxylic acids is 4. The van der Waals surface area contributed by atoms with Gasteiger partial charge in [-0.05, 0) is 73.6 Å². The fourth-order valence-electron chi connectivity index (χ4n) is 10.9. The molecule has 0 bridgehead atoms. The second kappa shape index (κ2) is 13.2. The number of aliphatic hydroxyl groups is 1. The summed E-state index contributed by atoms with van der Waals surface area (Å²) < 4.78 is 41.7. The highest BCUT2D eigenvalue weighted by atomic mass is 16.7. The standard InChI is InChI=1S/C38H50O12/c1-21-17-30(48-23(3)40)36(7)28(38(21,43)14-11-26-9-8-10-27-31(26)47-20-46-27)12-13-35(6)29-18-44-19-37(29,15-16-45-22(2)39)34(50-25(5)42)32(33(35)36)49-24(4)41/h8-10,17,28-30,32-34,43H,11-16,18-20H2,1-7H3/t28-,29+,30-,32+,33?,34+,35+,36-,37+,38-/m1/s1. The number of ether oxygens (including phenoxy) is 7. The Bertz CT molecular complexity index is 1570. The summed E-state index contributed by atoms with van der Waals surface area (Å²) in [6.45, 7) is 12.1. The minimum Gasteiger partial charge on any atom is -0.466 e. The molecule has 12 nitrogen and oxygen atoms in total. The molecule has 1 N–H and O–H groups in total. The molecule has 2 aliphatic heterocycles. The van der Waals surface area contributed by atoms with Crippen LogP contribution in [0.1, 0.15) is 79.7 Å². The Labute approximate surface area is 293 Å². The number of rotatable bonds is 9. The molecule has 1 unspecified atom stereocenters. The van der Waals surface area contributed by atoms with Crippen LogP contribution in [0.5, 0.6) is 11.5 Å². The van der Waals surface area contributed by atoms with Crippen LogP contribution in [0.4, 0.5) is 0 Å². The lowest BCUT2D eigenvalue weighted by Crippen LogP contribution is -2.74. The van der Waals surface area contributed by atoms with Crippen molar-refractivity contribution in [2.45, 2.75) is 104 Å². The topological polar surface area (TPSA) is 153 Å². The van der Waals surface area contributed by atoms with Gasteiger partial charge in [-0.3, -0.25) is 19.2 Å². The van der Waals surface area contributed by atoms with Gasteiger partial charge in [0.15, 0.2) is 11.5 Å². The van der Waals surface area contributed by atoms with Crippen molar-refractivity contribution in [3.8, 4) is 11.5 Å². The number of benzene rings is 1. The third kappa shape index (κ3) is 5.76. The van der Waals surface area contributed by atoms with Crippen molar-refractivity contribution in [3.63, 3.8) is 0 Å². The van der Waals surface area contributed by atoms with Gasteiger partial charge in [0.25, 0.3) is 0 Å². The Balaban J connectivity index is 1.49. The van der Waals surface area contributed by atoms with E-state index in [0.717, 1.165) is 5.56 Å². The van der Waals surface area contributed by atoms with Gasteiger partial charge in [-0.2, -0.15) is 0 Å². The third-order valence-electron chi connectivity index (χ3n) is 12.7. The lowest BCUT2D eigenvalue weighted by Gasteiger charge is -2.70. The molecule has 274 valence electrons.